The third-order valence-corrected chi connectivity index (χ3v) is 3.96. The van der Waals surface area contributed by atoms with E-state index in [-0.39, 0.29) is 12.1 Å². The second-order valence-corrected chi connectivity index (χ2v) is 6.23. The van der Waals surface area contributed by atoms with Gasteiger partial charge in [0.05, 0.1) is 12.1 Å². The first-order valence-corrected chi connectivity index (χ1v) is 7.42. The van der Waals surface area contributed by atoms with Crippen LogP contribution in [0, 0.1) is 6.92 Å². The molecule has 2 rings (SSSR count). The molecule has 0 aliphatic heterocycles. The maximum absolute atomic E-state index is 5.77. The van der Waals surface area contributed by atoms with E-state index in [9.17, 15) is 0 Å². The van der Waals surface area contributed by atoms with Crippen molar-refractivity contribution < 1.29 is 4.74 Å². The van der Waals surface area contributed by atoms with Gasteiger partial charge in [-0.15, -0.1) is 11.3 Å². The van der Waals surface area contributed by atoms with E-state index in [0.29, 0.717) is 0 Å². The van der Waals surface area contributed by atoms with E-state index in [1.165, 1.54) is 15.3 Å². The van der Waals surface area contributed by atoms with Gasteiger partial charge in [-0.2, -0.15) is 0 Å². The summed E-state index contributed by atoms with van der Waals surface area (Å²) >= 11 is 1.83. The Balaban J connectivity index is 2.28. The summed E-state index contributed by atoms with van der Waals surface area (Å²) in [5.74, 6) is 0.932. The highest BCUT2D eigenvalue weighted by molar-refractivity contribution is 7.12. The molecule has 0 fully saturated rings. The fraction of sp³-hybridized carbons (Fsp3) is 0.375. The van der Waals surface area contributed by atoms with Crippen molar-refractivity contribution in [2.24, 2.45) is 0 Å². The standard InChI is InChI=1S/C16H21NOS/c1-11(2)18-14-7-5-6-13(10-14)16(17-4)15-9-8-12(3)19-15/h5-11,16-17H,1-4H3. The Morgan fingerprint density at radius 3 is 2.53 bits per heavy atom. The van der Waals surface area contributed by atoms with Gasteiger partial charge in [-0.1, -0.05) is 12.1 Å². The molecule has 19 heavy (non-hydrogen) atoms. The maximum atomic E-state index is 5.77. The first-order valence-electron chi connectivity index (χ1n) is 6.60. The van der Waals surface area contributed by atoms with Crippen LogP contribution in [0.3, 0.4) is 0 Å². The fourth-order valence-corrected chi connectivity index (χ4v) is 3.14. The number of nitrogens with one attached hydrogen (secondary N) is 1. The highest BCUT2D eigenvalue weighted by Gasteiger charge is 2.14. The lowest BCUT2D eigenvalue weighted by Gasteiger charge is -2.17. The SMILES string of the molecule is CNC(c1cccc(OC(C)C)c1)c1ccc(C)s1. The van der Waals surface area contributed by atoms with Crippen LogP contribution in [0.5, 0.6) is 5.75 Å². The molecule has 102 valence electrons. The summed E-state index contributed by atoms with van der Waals surface area (Å²) in [6.07, 6.45) is 0.201. The minimum absolute atomic E-state index is 0.201. The summed E-state index contributed by atoms with van der Waals surface area (Å²) in [6.45, 7) is 6.23. The minimum Gasteiger partial charge on any atom is -0.491 e. The smallest absolute Gasteiger partial charge is 0.120 e. The topological polar surface area (TPSA) is 21.3 Å². The number of hydrogen-bond donors (Lipinski definition) is 1. The Labute approximate surface area is 119 Å². The van der Waals surface area contributed by atoms with Gasteiger partial charge in [0, 0.05) is 9.75 Å². The predicted molar refractivity (Wildman–Crippen MR) is 82.2 cm³/mol. The van der Waals surface area contributed by atoms with Crippen LogP contribution in [0.15, 0.2) is 36.4 Å². The molecule has 1 unspecified atom stereocenters. The Morgan fingerprint density at radius 1 is 1.16 bits per heavy atom. The second-order valence-electron chi connectivity index (χ2n) is 4.91. The Morgan fingerprint density at radius 2 is 1.95 bits per heavy atom. The summed E-state index contributed by atoms with van der Waals surface area (Å²) in [7, 11) is 2.00. The van der Waals surface area contributed by atoms with E-state index < -0.39 is 0 Å². The molecule has 0 amide bonds. The number of rotatable bonds is 5. The van der Waals surface area contributed by atoms with Crippen LogP contribution in [0.2, 0.25) is 0 Å². The van der Waals surface area contributed by atoms with E-state index in [1.54, 1.807) is 0 Å². The van der Waals surface area contributed by atoms with Crippen LogP contribution >= 0.6 is 11.3 Å². The van der Waals surface area contributed by atoms with Gasteiger partial charge in [-0.05, 0) is 57.6 Å². The van der Waals surface area contributed by atoms with Crippen molar-refractivity contribution >= 4 is 11.3 Å². The molecule has 1 heterocycles. The van der Waals surface area contributed by atoms with Crippen molar-refractivity contribution in [1.82, 2.24) is 5.32 Å². The summed E-state index contributed by atoms with van der Waals surface area (Å²) in [6, 6.07) is 12.9. The Hall–Kier alpha value is -1.32. The van der Waals surface area contributed by atoms with Crippen molar-refractivity contribution in [1.29, 1.82) is 0 Å². The average Bonchev–Trinajstić information content (AvgIpc) is 2.76. The van der Waals surface area contributed by atoms with E-state index >= 15 is 0 Å². The molecule has 0 aliphatic rings. The zero-order valence-electron chi connectivity index (χ0n) is 11.9. The van der Waals surface area contributed by atoms with Crippen molar-refractivity contribution in [2.45, 2.75) is 32.9 Å². The van der Waals surface area contributed by atoms with Gasteiger partial charge >= 0.3 is 0 Å². The molecule has 0 saturated carbocycles. The molecule has 1 N–H and O–H groups in total. The molecular weight excluding hydrogens is 254 g/mol. The Bertz CT molecular complexity index is 533. The normalized spacial score (nSPS) is 12.7. The highest BCUT2D eigenvalue weighted by atomic mass is 32.1. The summed E-state index contributed by atoms with van der Waals surface area (Å²) in [5, 5.41) is 3.38. The monoisotopic (exact) mass is 275 g/mol. The molecule has 0 saturated heterocycles. The van der Waals surface area contributed by atoms with Gasteiger partial charge in [-0.25, -0.2) is 0 Å². The van der Waals surface area contributed by atoms with Crippen molar-refractivity contribution in [3.05, 3.63) is 51.7 Å². The average molecular weight is 275 g/mol. The van der Waals surface area contributed by atoms with E-state index in [2.05, 4.69) is 42.6 Å². The van der Waals surface area contributed by atoms with E-state index in [0.717, 1.165) is 5.75 Å². The summed E-state index contributed by atoms with van der Waals surface area (Å²) in [5.41, 5.74) is 1.24. The van der Waals surface area contributed by atoms with Crippen LogP contribution in [0.25, 0.3) is 0 Å². The molecule has 3 heteroatoms. The van der Waals surface area contributed by atoms with Gasteiger partial charge in [0.15, 0.2) is 0 Å². The third-order valence-electron chi connectivity index (χ3n) is 2.90. The fourth-order valence-electron chi connectivity index (χ4n) is 2.12. The van der Waals surface area contributed by atoms with Gasteiger partial charge in [0.1, 0.15) is 5.75 Å². The Kier molecular flexibility index (Phi) is 4.61. The van der Waals surface area contributed by atoms with E-state index in [4.69, 9.17) is 4.74 Å². The molecular formula is C16H21NOS. The van der Waals surface area contributed by atoms with Gasteiger partial charge in [0.25, 0.3) is 0 Å². The largest absolute Gasteiger partial charge is 0.491 e. The second kappa shape index (κ2) is 6.22. The zero-order valence-corrected chi connectivity index (χ0v) is 12.8. The molecule has 0 aliphatic carbocycles. The number of ether oxygens (including phenoxy) is 1. The molecule has 2 aromatic rings. The quantitative estimate of drug-likeness (QED) is 0.885. The molecule has 0 bridgehead atoms. The number of aryl methyl sites for hydroxylation is 1. The maximum Gasteiger partial charge on any atom is 0.120 e. The molecule has 0 spiro atoms. The van der Waals surface area contributed by atoms with E-state index in [1.807, 2.05) is 38.3 Å². The molecule has 1 aromatic heterocycles. The van der Waals surface area contributed by atoms with Crippen LogP contribution in [-0.2, 0) is 0 Å². The van der Waals surface area contributed by atoms with Crippen LogP contribution < -0.4 is 10.1 Å². The lowest BCUT2D eigenvalue weighted by molar-refractivity contribution is 0.242. The predicted octanol–water partition coefficient (Wildman–Crippen LogP) is 4.15. The minimum atomic E-state index is 0.201. The third kappa shape index (κ3) is 3.58. The first kappa shape index (κ1) is 14.1. The highest BCUT2D eigenvalue weighted by Crippen LogP contribution is 2.29. The van der Waals surface area contributed by atoms with Crippen LogP contribution in [0.1, 0.15) is 35.2 Å². The molecule has 1 aromatic carbocycles. The van der Waals surface area contributed by atoms with Crippen molar-refractivity contribution in [3.63, 3.8) is 0 Å². The van der Waals surface area contributed by atoms with Crippen molar-refractivity contribution in [3.8, 4) is 5.75 Å². The van der Waals surface area contributed by atoms with Gasteiger partial charge in [0.2, 0.25) is 0 Å². The van der Waals surface area contributed by atoms with Crippen molar-refractivity contribution in [2.75, 3.05) is 7.05 Å². The first-order chi connectivity index (χ1) is 9.10. The summed E-state index contributed by atoms with van der Waals surface area (Å²) in [4.78, 5) is 2.67. The molecule has 0 radical (unpaired) electrons. The lowest BCUT2D eigenvalue weighted by Crippen LogP contribution is -2.16. The van der Waals surface area contributed by atoms with Crippen LogP contribution in [0.4, 0.5) is 0 Å². The molecule has 1 atom stereocenters. The summed E-state index contributed by atoms with van der Waals surface area (Å²) < 4.78 is 5.77. The molecule has 2 nitrogen and oxygen atoms in total. The number of thiophene rings is 1. The van der Waals surface area contributed by atoms with Gasteiger partial charge < -0.3 is 10.1 Å². The van der Waals surface area contributed by atoms with Crippen LogP contribution in [-0.4, -0.2) is 13.2 Å². The number of benzene rings is 1. The zero-order chi connectivity index (χ0) is 13.8. The number of hydrogen-bond acceptors (Lipinski definition) is 3. The van der Waals surface area contributed by atoms with Gasteiger partial charge in [-0.3, -0.25) is 0 Å². The lowest BCUT2D eigenvalue weighted by atomic mass is 10.1.